The first-order chi connectivity index (χ1) is 3.79. The summed E-state index contributed by atoms with van der Waals surface area (Å²) in [7, 11) is -2.09. The van der Waals surface area contributed by atoms with Crippen LogP contribution in [0.1, 0.15) is 19.3 Å². The summed E-state index contributed by atoms with van der Waals surface area (Å²) in [6, 6.07) is 0. The zero-order chi connectivity index (χ0) is 5.98. The second-order valence-corrected chi connectivity index (χ2v) is 3.34. The Bertz CT molecular complexity index is 127. The quantitative estimate of drug-likeness (QED) is 0.555. The van der Waals surface area contributed by atoms with Gasteiger partial charge in [-0.05, 0) is 18.8 Å². The van der Waals surface area contributed by atoms with Gasteiger partial charge in [-0.15, -0.1) is 0 Å². The Morgan fingerprint density at radius 3 is 2.12 bits per heavy atom. The molecule has 0 amide bonds. The van der Waals surface area contributed by atoms with Gasteiger partial charge in [-0.1, -0.05) is 6.42 Å². The highest BCUT2D eigenvalue weighted by atomic mass is 32.2. The fourth-order valence-electron chi connectivity index (χ4n) is 0.886. The van der Waals surface area contributed by atoms with Crippen LogP contribution >= 0.6 is 0 Å². The smallest absolute Gasteiger partial charge is 0.140 e. The van der Waals surface area contributed by atoms with E-state index in [1.54, 1.807) is 0 Å². The summed E-state index contributed by atoms with van der Waals surface area (Å²) in [6.07, 6.45) is 3.49. The van der Waals surface area contributed by atoms with Crippen LogP contribution in [0.4, 0.5) is 0 Å². The van der Waals surface area contributed by atoms with Crippen molar-refractivity contribution in [3.05, 3.63) is 0 Å². The molecule has 3 heteroatoms. The fourth-order valence-corrected chi connectivity index (χ4v) is 1.67. The first-order valence-electron chi connectivity index (χ1n) is 2.91. The summed E-state index contributed by atoms with van der Waals surface area (Å²) in [6.45, 7) is 0. The molecule has 2 nitrogen and oxygen atoms in total. The van der Waals surface area contributed by atoms with E-state index in [2.05, 4.69) is 0 Å². The van der Waals surface area contributed by atoms with Gasteiger partial charge < -0.3 is 0 Å². The highest BCUT2D eigenvalue weighted by Crippen LogP contribution is 2.25. The lowest BCUT2D eigenvalue weighted by Crippen LogP contribution is -2.15. The van der Waals surface area contributed by atoms with Gasteiger partial charge in [-0.2, -0.15) is 0 Å². The van der Waals surface area contributed by atoms with E-state index in [0.717, 1.165) is 12.8 Å². The minimum absolute atomic E-state index is 0.426. The van der Waals surface area contributed by atoms with E-state index in [-0.39, 0.29) is 0 Å². The molecule has 1 saturated carbocycles. The Morgan fingerprint density at radius 1 is 1.38 bits per heavy atom. The zero-order valence-electron chi connectivity index (χ0n) is 4.67. The second-order valence-electron chi connectivity index (χ2n) is 2.31. The molecule has 0 saturated heterocycles. The molecule has 0 atom stereocenters. The van der Waals surface area contributed by atoms with Crippen LogP contribution in [0.5, 0.6) is 0 Å². The Hall–Kier alpha value is -0.0500. The molecule has 0 aromatic carbocycles. The van der Waals surface area contributed by atoms with Gasteiger partial charge in [0.15, 0.2) is 0 Å². The van der Waals surface area contributed by atoms with Gasteiger partial charge in [0.1, 0.15) is 10.7 Å². The molecule has 0 radical (unpaired) electrons. The average molecular weight is 134 g/mol. The first kappa shape index (κ1) is 6.08. The molecular weight excluding hydrogens is 124 g/mol. The lowest BCUT2D eigenvalue weighted by Gasteiger charge is -2.22. The summed E-state index contributed by atoms with van der Waals surface area (Å²) in [5.41, 5.74) is 0. The minimum Gasteiger partial charge on any atom is -0.232 e. The van der Waals surface area contributed by atoms with Crippen LogP contribution in [-0.2, 0) is 10.7 Å². The Labute approximate surface area is 50.9 Å². The molecule has 0 aromatic heterocycles. The van der Waals surface area contributed by atoms with Crippen LogP contribution in [0.15, 0.2) is 0 Å². The molecule has 1 fully saturated rings. The maximum Gasteiger partial charge on any atom is 0.140 e. The molecule has 0 spiro atoms. The maximum atomic E-state index is 10.0. The maximum absolute atomic E-state index is 10.0. The highest BCUT2D eigenvalue weighted by molar-refractivity contribution is 7.72. The molecule has 48 valence electrons. The normalized spacial score (nSPS) is 21.1. The van der Waals surface area contributed by atoms with Crippen molar-refractivity contribution in [3.63, 3.8) is 0 Å². The largest absolute Gasteiger partial charge is 0.232 e. The van der Waals surface area contributed by atoms with Crippen LogP contribution in [0.3, 0.4) is 0 Å². The van der Waals surface area contributed by atoms with Crippen molar-refractivity contribution >= 4 is 10.7 Å². The molecule has 0 heterocycles. The van der Waals surface area contributed by atoms with E-state index in [0.29, 0.717) is 11.7 Å². The number of hydrogen-bond donors (Lipinski definition) is 1. The van der Waals surface area contributed by atoms with Crippen LogP contribution in [0, 0.1) is 5.92 Å². The number of thiol groups is 1. The molecule has 8 heavy (non-hydrogen) atoms. The monoisotopic (exact) mass is 134 g/mol. The van der Waals surface area contributed by atoms with E-state index in [9.17, 15) is 8.42 Å². The third-order valence-electron chi connectivity index (χ3n) is 1.63. The van der Waals surface area contributed by atoms with Gasteiger partial charge in [0.05, 0.1) is 5.75 Å². The van der Waals surface area contributed by atoms with Crippen LogP contribution in [0.25, 0.3) is 0 Å². The van der Waals surface area contributed by atoms with Gasteiger partial charge in [-0.3, -0.25) is 0 Å². The van der Waals surface area contributed by atoms with Crippen LogP contribution < -0.4 is 0 Å². The summed E-state index contributed by atoms with van der Waals surface area (Å²) in [4.78, 5) is 0. The van der Waals surface area contributed by atoms with Crippen LogP contribution in [-0.4, -0.2) is 14.2 Å². The lowest BCUT2D eigenvalue weighted by atomic mass is 9.87. The summed E-state index contributed by atoms with van der Waals surface area (Å²) in [5.74, 6) is 0.936. The topological polar surface area (TPSA) is 34.1 Å². The SMILES string of the molecule is O=[SH](=O)CC1CCC1. The third-order valence-corrected chi connectivity index (χ3v) is 2.45. The average Bonchev–Trinajstić information content (AvgIpc) is 1.55. The van der Waals surface area contributed by atoms with Gasteiger partial charge in [-0.25, -0.2) is 8.42 Å². The predicted octanol–water partition coefficient (Wildman–Crippen LogP) is 0.398. The second kappa shape index (κ2) is 2.49. The van der Waals surface area contributed by atoms with E-state index in [1.165, 1.54) is 6.42 Å². The molecule has 0 bridgehead atoms. The van der Waals surface area contributed by atoms with Crippen molar-refractivity contribution < 1.29 is 8.42 Å². The fraction of sp³-hybridized carbons (Fsp3) is 1.00. The molecular formula is C5H10O2S. The van der Waals surface area contributed by atoms with Gasteiger partial charge >= 0.3 is 0 Å². The van der Waals surface area contributed by atoms with E-state index < -0.39 is 10.7 Å². The molecule has 1 aliphatic rings. The molecule has 1 aliphatic carbocycles. The summed E-state index contributed by atoms with van der Waals surface area (Å²) >= 11 is 0. The van der Waals surface area contributed by atoms with E-state index in [4.69, 9.17) is 0 Å². The standard InChI is InChI=1S/C5H10O2S/c6-8(7)4-5-2-1-3-5/h5,8H,1-4H2. The van der Waals surface area contributed by atoms with Gasteiger partial charge in [0.25, 0.3) is 0 Å². The molecule has 0 N–H and O–H groups in total. The zero-order valence-corrected chi connectivity index (χ0v) is 5.56. The number of rotatable bonds is 2. The Morgan fingerprint density at radius 2 is 2.00 bits per heavy atom. The van der Waals surface area contributed by atoms with Gasteiger partial charge in [0.2, 0.25) is 0 Å². The molecule has 0 unspecified atom stereocenters. The van der Waals surface area contributed by atoms with Crippen molar-refractivity contribution in [2.45, 2.75) is 19.3 Å². The number of hydrogen-bond acceptors (Lipinski definition) is 2. The molecule has 0 aromatic rings. The summed E-state index contributed by atoms with van der Waals surface area (Å²) < 4.78 is 20.1. The van der Waals surface area contributed by atoms with Crippen molar-refractivity contribution in [3.8, 4) is 0 Å². The van der Waals surface area contributed by atoms with Crippen LogP contribution in [0.2, 0.25) is 0 Å². The summed E-state index contributed by atoms with van der Waals surface area (Å²) in [5, 5.41) is 0. The van der Waals surface area contributed by atoms with E-state index >= 15 is 0 Å². The van der Waals surface area contributed by atoms with Crippen molar-refractivity contribution in [2.75, 3.05) is 5.75 Å². The Kier molecular flexibility index (Phi) is 1.89. The van der Waals surface area contributed by atoms with Crippen molar-refractivity contribution in [2.24, 2.45) is 5.92 Å². The molecule has 0 aliphatic heterocycles. The first-order valence-corrected chi connectivity index (χ1v) is 4.27. The third kappa shape index (κ3) is 1.47. The van der Waals surface area contributed by atoms with Gasteiger partial charge in [0, 0.05) is 0 Å². The van der Waals surface area contributed by atoms with Crippen molar-refractivity contribution in [1.82, 2.24) is 0 Å². The predicted molar refractivity (Wildman–Crippen MR) is 32.5 cm³/mol. The minimum atomic E-state index is -2.09. The Balaban J connectivity index is 2.19. The lowest BCUT2D eigenvalue weighted by molar-refractivity contribution is 0.349. The highest BCUT2D eigenvalue weighted by Gasteiger charge is 2.17. The van der Waals surface area contributed by atoms with E-state index in [1.807, 2.05) is 0 Å². The van der Waals surface area contributed by atoms with Crippen molar-refractivity contribution in [1.29, 1.82) is 0 Å². The molecule has 1 rings (SSSR count).